The molecule has 41 heavy (non-hydrogen) atoms. The molecule has 5 aromatic rings. The molecule has 8 nitrogen and oxygen atoms in total. The minimum atomic E-state index is -4.49. The van der Waals surface area contributed by atoms with E-state index >= 15 is 0 Å². The lowest BCUT2D eigenvalue weighted by atomic mass is 10.1. The third-order valence-electron chi connectivity index (χ3n) is 6.20. The van der Waals surface area contributed by atoms with Crippen LogP contribution in [0, 0.1) is 0 Å². The molecule has 0 atom stereocenters. The van der Waals surface area contributed by atoms with Crippen LogP contribution in [0.3, 0.4) is 0 Å². The van der Waals surface area contributed by atoms with Crippen LogP contribution < -0.4 is 20.1 Å². The van der Waals surface area contributed by atoms with Crippen molar-refractivity contribution in [2.75, 3.05) is 17.4 Å². The molecule has 2 aromatic heterocycles. The monoisotopic (exact) mass is 572 g/mol. The summed E-state index contributed by atoms with van der Waals surface area (Å²) in [6.45, 7) is 0.237. The van der Waals surface area contributed by atoms with Crippen molar-refractivity contribution >= 4 is 34.3 Å². The number of alkyl halides is 6. The van der Waals surface area contributed by atoms with Gasteiger partial charge in [0.05, 0.1) is 24.0 Å². The van der Waals surface area contributed by atoms with Crippen molar-refractivity contribution in [2.45, 2.75) is 18.9 Å². The summed E-state index contributed by atoms with van der Waals surface area (Å²) >= 11 is 0. The van der Waals surface area contributed by atoms with E-state index in [-0.39, 0.29) is 25.1 Å². The number of nitrogens with zero attached hydrogens (tertiary/aromatic N) is 4. The zero-order valence-electron chi connectivity index (χ0n) is 20.7. The number of hydrogen-bond donors (Lipinski definition) is 2. The fourth-order valence-corrected chi connectivity index (χ4v) is 4.18. The molecule has 0 amide bonds. The first-order chi connectivity index (χ1) is 19.5. The molecule has 14 heteroatoms. The molecule has 1 aliphatic heterocycles. The third kappa shape index (κ3) is 5.53. The first-order valence-corrected chi connectivity index (χ1v) is 12.0. The van der Waals surface area contributed by atoms with Gasteiger partial charge in [0.1, 0.15) is 0 Å². The van der Waals surface area contributed by atoms with Gasteiger partial charge in [-0.15, -0.1) is 0 Å². The van der Waals surface area contributed by atoms with Crippen molar-refractivity contribution in [1.82, 2.24) is 19.5 Å². The van der Waals surface area contributed by atoms with Crippen LogP contribution in [0.2, 0.25) is 0 Å². The largest absolute Gasteiger partial charge is 0.454 e. The molecule has 6 rings (SSSR count). The van der Waals surface area contributed by atoms with Crippen LogP contribution in [-0.2, 0) is 18.9 Å². The summed E-state index contributed by atoms with van der Waals surface area (Å²) in [5.74, 6) is 1.43. The molecule has 0 bridgehead atoms. The van der Waals surface area contributed by atoms with E-state index in [2.05, 4.69) is 25.6 Å². The number of benzene rings is 3. The standard InChI is InChI=1S/C27H18F6N6O2/c28-26(29,30)16-3-1-15(2-4-16)12-39-13-34-22-23(35-19-9-10-20-21(11-19)41-14-40-20)37-25(38-24(22)39)36-18-7-5-17(6-8-18)27(31,32)33/h1-11,13H,12,14H2,(H2,35,36,37,38). The molecule has 2 N–H and O–H groups in total. The molecule has 1 aliphatic rings. The Balaban J connectivity index is 1.36. The minimum absolute atomic E-state index is 0.0506. The van der Waals surface area contributed by atoms with Gasteiger partial charge in [-0.25, -0.2) is 4.98 Å². The molecule has 0 fully saturated rings. The average molecular weight is 572 g/mol. The highest BCUT2D eigenvalue weighted by Gasteiger charge is 2.31. The Hall–Kier alpha value is -5.01. The van der Waals surface area contributed by atoms with Gasteiger partial charge in [-0.05, 0) is 54.1 Å². The molecule has 0 saturated carbocycles. The van der Waals surface area contributed by atoms with Crippen LogP contribution in [0.4, 0.5) is 49.5 Å². The zero-order chi connectivity index (χ0) is 28.8. The SMILES string of the molecule is FC(F)(F)c1ccc(Cn2cnc3c(Nc4ccc5c(c4)OCO5)nc(Nc4ccc(C(F)(F)F)cc4)nc32)cc1. The van der Waals surface area contributed by atoms with Crippen molar-refractivity contribution < 1.29 is 35.8 Å². The van der Waals surface area contributed by atoms with E-state index in [0.717, 1.165) is 24.3 Å². The molecule has 3 heterocycles. The number of imidazole rings is 1. The maximum Gasteiger partial charge on any atom is 0.416 e. The second-order valence-corrected chi connectivity index (χ2v) is 9.03. The Labute approximate surface area is 227 Å². The summed E-state index contributed by atoms with van der Waals surface area (Å²) in [6, 6.07) is 14.2. The Morgan fingerprint density at radius 3 is 2.05 bits per heavy atom. The van der Waals surface area contributed by atoms with Crippen LogP contribution in [0.1, 0.15) is 16.7 Å². The lowest BCUT2D eigenvalue weighted by molar-refractivity contribution is -0.138. The number of aromatic nitrogens is 4. The number of nitrogens with one attached hydrogen (secondary N) is 2. The Kier molecular flexibility index (Phi) is 6.31. The predicted octanol–water partition coefficient (Wildman–Crippen LogP) is 7.13. The molecule has 210 valence electrons. The van der Waals surface area contributed by atoms with Gasteiger partial charge in [0.25, 0.3) is 0 Å². The number of anilines is 4. The number of hydrogen-bond acceptors (Lipinski definition) is 7. The molecule has 0 saturated heterocycles. The molecule has 0 unspecified atom stereocenters. The lowest BCUT2D eigenvalue weighted by Gasteiger charge is -2.12. The molecule has 0 aliphatic carbocycles. The quantitative estimate of drug-likeness (QED) is 0.210. The van der Waals surface area contributed by atoms with E-state index in [1.165, 1.54) is 30.6 Å². The van der Waals surface area contributed by atoms with Crippen LogP contribution in [0.15, 0.2) is 73.1 Å². The Bertz CT molecular complexity index is 1720. The molecular formula is C27H18F6N6O2. The average Bonchev–Trinajstić information content (AvgIpc) is 3.55. The summed E-state index contributed by atoms with van der Waals surface area (Å²) in [4.78, 5) is 13.4. The lowest BCUT2D eigenvalue weighted by Crippen LogP contribution is -2.07. The Morgan fingerprint density at radius 2 is 1.37 bits per heavy atom. The van der Waals surface area contributed by atoms with E-state index in [1.54, 1.807) is 22.8 Å². The predicted molar refractivity (Wildman–Crippen MR) is 136 cm³/mol. The van der Waals surface area contributed by atoms with Crippen LogP contribution in [-0.4, -0.2) is 26.3 Å². The second-order valence-electron chi connectivity index (χ2n) is 9.03. The van der Waals surface area contributed by atoms with Gasteiger partial charge < -0.3 is 24.7 Å². The molecule has 0 spiro atoms. The molecular weight excluding hydrogens is 554 g/mol. The van der Waals surface area contributed by atoms with E-state index in [9.17, 15) is 26.3 Å². The summed E-state index contributed by atoms with van der Waals surface area (Å²) < 4.78 is 90.3. The number of rotatable bonds is 6. The highest BCUT2D eigenvalue weighted by molar-refractivity contribution is 5.87. The van der Waals surface area contributed by atoms with E-state index < -0.39 is 23.5 Å². The van der Waals surface area contributed by atoms with E-state index in [1.807, 2.05) is 0 Å². The minimum Gasteiger partial charge on any atom is -0.454 e. The Morgan fingerprint density at radius 1 is 0.732 bits per heavy atom. The third-order valence-corrected chi connectivity index (χ3v) is 6.20. The highest BCUT2D eigenvalue weighted by Crippen LogP contribution is 2.36. The molecule has 0 radical (unpaired) electrons. The van der Waals surface area contributed by atoms with Crippen molar-refractivity contribution in [3.05, 3.63) is 89.7 Å². The van der Waals surface area contributed by atoms with Crippen molar-refractivity contribution in [3.8, 4) is 11.5 Å². The second kappa shape index (κ2) is 9.87. The van der Waals surface area contributed by atoms with Gasteiger partial charge >= 0.3 is 12.4 Å². The normalized spacial score (nSPS) is 13.0. The van der Waals surface area contributed by atoms with Crippen molar-refractivity contribution in [2.24, 2.45) is 0 Å². The van der Waals surface area contributed by atoms with Gasteiger partial charge in [0, 0.05) is 17.4 Å². The van der Waals surface area contributed by atoms with Crippen molar-refractivity contribution in [1.29, 1.82) is 0 Å². The van der Waals surface area contributed by atoms with Gasteiger partial charge in [0.15, 0.2) is 28.5 Å². The van der Waals surface area contributed by atoms with Gasteiger partial charge in [-0.1, -0.05) is 12.1 Å². The summed E-state index contributed by atoms with van der Waals surface area (Å²) in [7, 11) is 0. The zero-order valence-corrected chi connectivity index (χ0v) is 20.7. The maximum atomic E-state index is 13.0. The maximum absolute atomic E-state index is 13.0. The smallest absolute Gasteiger partial charge is 0.416 e. The summed E-state index contributed by atoms with van der Waals surface area (Å²) in [5.41, 5.74) is 0.576. The van der Waals surface area contributed by atoms with Crippen LogP contribution in [0.5, 0.6) is 11.5 Å². The number of fused-ring (bicyclic) bond motifs is 2. The van der Waals surface area contributed by atoms with Gasteiger partial charge in [-0.3, -0.25) is 0 Å². The number of ether oxygens (including phenoxy) is 2. The summed E-state index contributed by atoms with van der Waals surface area (Å²) in [5, 5.41) is 6.06. The highest BCUT2D eigenvalue weighted by atomic mass is 19.4. The fraction of sp³-hybridized carbons (Fsp3) is 0.148. The van der Waals surface area contributed by atoms with Gasteiger partial charge in [0.2, 0.25) is 12.7 Å². The fourth-order valence-electron chi connectivity index (χ4n) is 4.18. The topological polar surface area (TPSA) is 86.1 Å². The van der Waals surface area contributed by atoms with Gasteiger partial charge in [-0.2, -0.15) is 36.3 Å². The molecule has 3 aromatic carbocycles. The first-order valence-electron chi connectivity index (χ1n) is 12.0. The van der Waals surface area contributed by atoms with E-state index in [0.29, 0.717) is 39.6 Å². The summed E-state index contributed by atoms with van der Waals surface area (Å²) in [6.07, 6.45) is -7.47. The number of halogens is 6. The van der Waals surface area contributed by atoms with Crippen LogP contribution in [0.25, 0.3) is 11.2 Å². The van der Waals surface area contributed by atoms with E-state index in [4.69, 9.17) is 9.47 Å². The van der Waals surface area contributed by atoms with Crippen molar-refractivity contribution in [3.63, 3.8) is 0 Å². The first kappa shape index (κ1) is 26.2. The van der Waals surface area contributed by atoms with Crippen LogP contribution >= 0.6 is 0 Å².